The Balaban J connectivity index is 1.63. The summed E-state index contributed by atoms with van der Waals surface area (Å²) in [5, 5.41) is 7.91. The first-order valence-corrected chi connectivity index (χ1v) is 8.45. The van der Waals surface area contributed by atoms with Crippen LogP contribution >= 0.6 is 12.2 Å². The first-order chi connectivity index (χ1) is 12.2. The van der Waals surface area contributed by atoms with E-state index in [0.717, 1.165) is 17.0 Å². The summed E-state index contributed by atoms with van der Waals surface area (Å²) in [7, 11) is 0. The van der Waals surface area contributed by atoms with E-state index in [9.17, 15) is 0 Å². The molecule has 3 nitrogen and oxygen atoms in total. The molecule has 3 aromatic carbocycles. The van der Waals surface area contributed by atoms with Crippen molar-refractivity contribution in [1.29, 1.82) is 0 Å². The van der Waals surface area contributed by atoms with Gasteiger partial charge in [-0.1, -0.05) is 72.8 Å². The highest BCUT2D eigenvalue weighted by atomic mass is 32.1. The van der Waals surface area contributed by atoms with Gasteiger partial charge < -0.3 is 5.32 Å². The molecule has 124 valence electrons. The van der Waals surface area contributed by atoms with Crippen molar-refractivity contribution in [2.45, 2.75) is 6.92 Å². The van der Waals surface area contributed by atoms with Crippen molar-refractivity contribution < 1.29 is 0 Å². The molecule has 25 heavy (non-hydrogen) atoms. The van der Waals surface area contributed by atoms with Crippen LogP contribution in [-0.4, -0.2) is 10.8 Å². The lowest BCUT2D eigenvalue weighted by Gasteiger charge is -2.08. The second-order valence-electron chi connectivity index (χ2n) is 5.57. The van der Waals surface area contributed by atoms with E-state index in [1.54, 1.807) is 0 Å². The van der Waals surface area contributed by atoms with Crippen molar-refractivity contribution in [3.8, 4) is 11.1 Å². The summed E-state index contributed by atoms with van der Waals surface area (Å²) in [6, 6.07) is 28.4. The molecule has 0 aromatic heterocycles. The summed E-state index contributed by atoms with van der Waals surface area (Å²) in [6.45, 7) is 1.95. The molecule has 0 saturated carbocycles. The Hall–Kier alpha value is -2.98. The number of para-hydroxylation sites is 1. The van der Waals surface area contributed by atoms with Gasteiger partial charge in [0, 0.05) is 5.69 Å². The van der Waals surface area contributed by atoms with Crippen LogP contribution in [0.5, 0.6) is 0 Å². The maximum absolute atomic E-state index is 5.26. The van der Waals surface area contributed by atoms with Crippen LogP contribution in [0.2, 0.25) is 0 Å². The molecule has 0 aliphatic carbocycles. The third kappa shape index (κ3) is 4.75. The topological polar surface area (TPSA) is 36.4 Å². The third-order valence-corrected chi connectivity index (χ3v) is 3.96. The zero-order valence-corrected chi connectivity index (χ0v) is 14.8. The Labute approximate surface area is 153 Å². The average Bonchev–Trinajstić information content (AvgIpc) is 2.68. The van der Waals surface area contributed by atoms with Crippen LogP contribution in [0.15, 0.2) is 90.0 Å². The van der Waals surface area contributed by atoms with Crippen LogP contribution < -0.4 is 10.7 Å². The standard InChI is InChI=1S/C21H19N3S/c1-16(23-24-21(25)22-20-10-6-3-7-11-20)17-12-14-19(15-13-17)18-8-4-2-5-9-18/h2-15H,1H3,(H2,22,24,25)/b23-16-. The van der Waals surface area contributed by atoms with E-state index in [-0.39, 0.29) is 0 Å². The highest BCUT2D eigenvalue weighted by Gasteiger charge is 2.01. The van der Waals surface area contributed by atoms with E-state index in [0.29, 0.717) is 5.11 Å². The summed E-state index contributed by atoms with van der Waals surface area (Å²) in [5.41, 5.74) is 8.13. The predicted molar refractivity (Wildman–Crippen MR) is 110 cm³/mol. The monoisotopic (exact) mass is 345 g/mol. The lowest BCUT2D eigenvalue weighted by molar-refractivity contribution is 1.04. The maximum Gasteiger partial charge on any atom is 0.191 e. The van der Waals surface area contributed by atoms with Gasteiger partial charge in [-0.3, -0.25) is 5.43 Å². The molecule has 0 spiro atoms. The molecule has 0 aliphatic rings. The van der Waals surface area contributed by atoms with Crippen molar-refractivity contribution in [2.24, 2.45) is 5.10 Å². The second-order valence-corrected chi connectivity index (χ2v) is 5.98. The molecule has 0 radical (unpaired) electrons. The van der Waals surface area contributed by atoms with Gasteiger partial charge in [-0.2, -0.15) is 5.10 Å². The van der Waals surface area contributed by atoms with Gasteiger partial charge in [-0.05, 0) is 48.0 Å². The highest BCUT2D eigenvalue weighted by molar-refractivity contribution is 7.80. The molecule has 3 aromatic rings. The summed E-state index contributed by atoms with van der Waals surface area (Å²) in [6.07, 6.45) is 0. The molecule has 0 bridgehead atoms. The minimum absolute atomic E-state index is 0.464. The molecule has 0 fully saturated rings. The number of hydrazone groups is 1. The highest BCUT2D eigenvalue weighted by Crippen LogP contribution is 2.19. The molecule has 0 aliphatic heterocycles. The summed E-state index contributed by atoms with van der Waals surface area (Å²) in [4.78, 5) is 0. The second kappa shape index (κ2) is 8.22. The summed E-state index contributed by atoms with van der Waals surface area (Å²) in [5.74, 6) is 0. The number of anilines is 1. The smallest absolute Gasteiger partial charge is 0.191 e. The van der Waals surface area contributed by atoms with Gasteiger partial charge in [0.15, 0.2) is 5.11 Å². The number of benzene rings is 3. The average molecular weight is 345 g/mol. The van der Waals surface area contributed by atoms with Gasteiger partial charge >= 0.3 is 0 Å². The Morgan fingerprint density at radius 2 is 1.32 bits per heavy atom. The fourth-order valence-electron chi connectivity index (χ4n) is 2.41. The van der Waals surface area contributed by atoms with Crippen molar-refractivity contribution in [2.75, 3.05) is 5.32 Å². The first-order valence-electron chi connectivity index (χ1n) is 8.04. The molecule has 0 unspecified atom stereocenters. The van der Waals surface area contributed by atoms with Crippen LogP contribution in [0.4, 0.5) is 5.69 Å². The van der Waals surface area contributed by atoms with Crippen LogP contribution in [0.25, 0.3) is 11.1 Å². The molecule has 4 heteroatoms. The Bertz CT molecular complexity index is 857. The van der Waals surface area contributed by atoms with Crippen molar-refractivity contribution in [1.82, 2.24) is 5.43 Å². The Morgan fingerprint density at radius 1 is 0.760 bits per heavy atom. The van der Waals surface area contributed by atoms with Gasteiger partial charge in [0.1, 0.15) is 0 Å². The maximum atomic E-state index is 5.26. The number of thiocarbonyl (C=S) groups is 1. The van der Waals surface area contributed by atoms with E-state index in [2.05, 4.69) is 52.2 Å². The summed E-state index contributed by atoms with van der Waals surface area (Å²) < 4.78 is 0. The Kier molecular flexibility index (Phi) is 5.54. The fraction of sp³-hybridized carbons (Fsp3) is 0.0476. The van der Waals surface area contributed by atoms with E-state index in [1.165, 1.54) is 11.1 Å². The number of hydrogen-bond donors (Lipinski definition) is 2. The van der Waals surface area contributed by atoms with Gasteiger partial charge in [-0.15, -0.1) is 0 Å². The fourth-order valence-corrected chi connectivity index (χ4v) is 2.58. The number of rotatable bonds is 4. The predicted octanol–water partition coefficient (Wildman–Crippen LogP) is 5.06. The van der Waals surface area contributed by atoms with Gasteiger partial charge in [0.25, 0.3) is 0 Å². The van der Waals surface area contributed by atoms with E-state index in [4.69, 9.17) is 12.2 Å². The molecular weight excluding hydrogens is 326 g/mol. The minimum atomic E-state index is 0.464. The van der Waals surface area contributed by atoms with Crippen LogP contribution in [-0.2, 0) is 0 Å². The lowest BCUT2D eigenvalue weighted by Crippen LogP contribution is -2.24. The van der Waals surface area contributed by atoms with Gasteiger partial charge in [0.2, 0.25) is 0 Å². The van der Waals surface area contributed by atoms with Crippen LogP contribution in [0.1, 0.15) is 12.5 Å². The minimum Gasteiger partial charge on any atom is -0.331 e. The zero-order chi connectivity index (χ0) is 17.5. The Morgan fingerprint density at radius 3 is 1.96 bits per heavy atom. The zero-order valence-electron chi connectivity index (χ0n) is 13.9. The van der Waals surface area contributed by atoms with Crippen LogP contribution in [0.3, 0.4) is 0 Å². The molecule has 2 N–H and O–H groups in total. The summed E-state index contributed by atoms with van der Waals surface area (Å²) >= 11 is 5.26. The number of hydrogen-bond acceptors (Lipinski definition) is 2. The van der Waals surface area contributed by atoms with Crippen molar-refractivity contribution in [3.63, 3.8) is 0 Å². The largest absolute Gasteiger partial charge is 0.331 e. The molecule has 0 amide bonds. The van der Waals surface area contributed by atoms with Crippen molar-refractivity contribution in [3.05, 3.63) is 90.5 Å². The van der Waals surface area contributed by atoms with E-state index in [1.807, 2.05) is 55.5 Å². The molecule has 0 heterocycles. The molecule has 0 atom stereocenters. The third-order valence-electron chi connectivity index (χ3n) is 3.77. The quantitative estimate of drug-likeness (QED) is 0.394. The van der Waals surface area contributed by atoms with E-state index >= 15 is 0 Å². The number of nitrogens with one attached hydrogen (secondary N) is 2. The SMILES string of the molecule is C/C(=N/NC(=S)Nc1ccccc1)c1ccc(-c2ccccc2)cc1. The molecular formula is C21H19N3S. The molecule has 3 rings (SSSR count). The normalized spacial score (nSPS) is 11.0. The number of nitrogens with zero attached hydrogens (tertiary/aromatic N) is 1. The van der Waals surface area contributed by atoms with Gasteiger partial charge in [-0.25, -0.2) is 0 Å². The van der Waals surface area contributed by atoms with Crippen molar-refractivity contribution >= 4 is 28.7 Å². The van der Waals surface area contributed by atoms with E-state index < -0.39 is 0 Å². The lowest BCUT2D eigenvalue weighted by atomic mass is 10.0. The molecule has 0 saturated heterocycles. The van der Waals surface area contributed by atoms with Gasteiger partial charge in [0.05, 0.1) is 5.71 Å². The first kappa shape index (κ1) is 16.9. The van der Waals surface area contributed by atoms with Crippen LogP contribution in [0, 0.1) is 0 Å².